The maximum absolute atomic E-state index is 12.8. The van der Waals surface area contributed by atoms with E-state index in [1.807, 2.05) is 53.7 Å². The van der Waals surface area contributed by atoms with Gasteiger partial charge < -0.3 is 10.2 Å². The van der Waals surface area contributed by atoms with E-state index >= 15 is 0 Å². The first-order chi connectivity index (χ1) is 17.7. The van der Waals surface area contributed by atoms with E-state index in [-0.39, 0.29) is 11.8 Å². The fourth-order valence-corrected chi connectivity index (χ4v) is 4.77. The molecule has 2 amide bonds. The molecule has 36 heavy (non-hydrogen) atoms. The Morgan fingerprint density at radius 2 is 1.69 bits per heavy atom. The number of hydrogen-bond acceptors (Lipinski definition) is 5. The van der Waals surface area contributed by atoms with Crippen molar-refractivity contribution >= 4 is 29.3 Å². The summed E-state index contributed by atoms with van der Waals surface area (Å²) in [6.07, 6.45) is 12.7. The Bertz CT molecular complexity index is 1500. The Morgan fingerprint density at radius 1 is 0.889 bits per heavy atom. The topological polar surface area (TPSA) is 88.1 Å². The van der Waals surface area contributed by atoms with E-state index in [0.717, 1.165) is 52.2 Å². The lowest BCUT2D eigenvalue weighted by molar-refractivity contribution is -0.117. The molecule has 0 bridgehead atoms. The molecule has 4 aromatic rings. The monoisotopic (exact) mass is 473 g/mol. The standard InChI is InChI=1S/C29H23N5O2/c35-28-2-1-13-34(28)24-5-3-19(4-6-24)21-14-22(18-31-17-21)25-9-12-32-27-16-20(15-26(25)27)29(36)33-23-7-10-30-11-8-23/h3-12,14-15,17-18H,1-2,13,16H2,(H,30,33,36). The molecule has 6 rings (SSSR count). The van der Waals surface area contributed by atoms with Gasteiger partial charge in [0.15, 0.2) is 0 Å². The maximum Gasteiger partial charge on any atom is 0.252 e. The smallest absolute Gasteiger partial charge is 0.252 e. The van der Waals surface area contributed by atoms with Gasteiger partial charge in [0, 0.05) is 84.0 Å². The fourth-order valence-electron chi connectivity index (χ4n) is 4.77. The zero-order valence-electron chi connectivity index (χ0n) is 19.5. The van der Waals surface area contributed by atoms with Crippen LogP contribution < -0.4 is 10.2 Å². The number of hydrogen-bond donors (Lipinski definition) is 1. The van der Waals surface area contributed by atoms with Crippen molar-refractivity contribution in [2.24, 2.45) is 0 Å². The Hall–Kier alpha value is -4.65. The highest BCUT2D eigenvalue weighted by Crippen LogP contribution is 2.35. The molecular formula is C29H23N5O2. The zero-order chi connectivity index (χ0) is 24.5. The van der Waals surface area contributed by atoms with E-state index in [9.17, 15) is 9.59 Å². The minimum absolute atomic E-state index is 0.145. The van der Waals surface area contributed by atoms with Crippen LogP contribution in [0.1, 0.15) is 24.1 Å². The molecule has 2 aliphatic rings. The van der Waals surface area contributed by atoms with Crippen molar-refractivity contribution in [3.63, 3.8) is 0 Å². The number of aromatic nitrogens is 3. The highest BCUT2D eigenvalue weighted by molar-refractivity contribution is 6.09. The SMILES string of the molecule is O=C(Nc1ccncc1)C1=Cc2c(-c3cncc(-c4ccc(N5CCCC5=O)cc4)c3)ccnc2C1. The van der Waals surface area contributed by atoms with Gasteiger partial charge >= 0.3 is 0 Å². The third kappa shape index (κ3) is 4.15. The third-order valence-electron chi connectivity index (χ3n) is 6.61. The highest BCUT2D eigenvalue weighted by Gasteiger charge is 2.23. The lowest BCUT2D eigenvalue weighted by Gasteiger charge is -2.16. The summed E-state index contributed by atoms with van der Waals surface area (Å²) in [7, 11) is 0. The molecule has 3 aromatic heterocycles. The van der Waals surface area contributed by atoms with Crippen molar-refractivity contribution < 1.29 is 9.59 Å². The summed E-state index contributed by atoms with van der Waals surface area (Å²) in [4.78, 5) is 39.8. The Kier molecular flexibility index (Phi) is 5.58. The van der Waals surface area contributed by atoms with E-state index < -0.39 is 0 Å². The average Bonchev–Trinajstić information content (AvgIpc) is 3.56. The van der Waals surface area contributed by atoms with Gasteiger partial charge in [-0.3, -0.25) is 24.5 Å². The molecule has 0 spiro atoms. The van der Waals surface area contributed by atoms with Crippen molar-refractivity contribution in [2.45, 2.75) is 19.3 Å². The van der Waals surface area contributed by atoms with Gasteiger partial charge in [-0.05, 0) is 60.0 Å². The Labute approximate surface area is 208 Å². The average molecular weight is 474 g/mol. The number of nitrogens with one attached hydrogen (secondary N) is 1. The van der Waals surface area contributed by atoms with Crippen molar-refractivity contribution in [1.29, 1.82) is 0 Å². The quantitative estimate of drug-likeness (QED) is 0.445. The van der Waals surface area contributed by atoms with Gasteiger partial charge in [-0.2, -0.15) is 0 Å². The van der Waals surface area contributed by atoms with Gasteiger partial charge in [0.25, 0.3) is 5.91 Å². The predicted octanol–water partition coefficient (Wildman–Crippen LogP) is 4.91. The second-order valence-electron chi connectivity index (χ2n) is 8.91. The Balaban J connectivity index is 1.27. The van der Waals surface area contributed by atoms with Crippen molar-refractivity contribution in [3.05, 3.63) is 96.3 Å². The van der Waals surface area contributed by atoms with E-state index in [0.29, 0.717) is 24.1 Å². The lowest BCUT2D eigenvalue weighted by Crippen LogP contribution is -2.23. The number of carbonyl (C=O) groups excluding carboxylic acids is 2. The molecule has 0 radical (unpaired) electrons. The summed E-state index contributed by atoms with van der Waals surface area (Å²) in [6.45, 7) is 0.776. The number of nitrogens with zero attached hydrogens (tertiary/aromatic N) is 4. The summed E-state index contributed by atoms with van der Waals surface area (Å²) < 4.78 is 0. The Morgan fingerprint density at radius 3 is 2.47 bits per heavy atom. The van der Waals surface area contributed by atoms with Crippen LogP contribution in [0.15, 0.2) is 85.1 Å². The molecule has 176 valence electrons. The molecule has 1 aliphatic carbocycles. The second kappa shape index (κ2) is 9.19. The number of amides is 2. The van der Waals surface area contributed by atoms with E-state index in [2.05, 4.69) is 26.3 Å². The molecule has 1 aliphatic heterocycles. The normalized spacial score (nSPS) is 14.5. The van der Waals surface area contributed by atoms with Crippen molar-refractivity contribution in [1.82, 2.24) is 15.0 Å². The van der Waals surface area contributed by atoms with Crippen LogP contribution in [0.5, 0.6) is 0 Å². The van der Waals surface area contributed by atoms with Crippen molar-refractivity contribution in [3.8, 4) is 22.3 Å². The molecule has 7 heteroatoms. The summed E-state index contributed by atoms with van der Waals surface area (Å²) in [6, 6.07) is 15.6. The van der Waals surface area contributed by atoms with Crippen LogP contribution in [0, 0.1) is 0 Å². The molecule has 0 atom stereocenters. The van der Waals surface area contributed by atoms with E-state index in [4.69, 9.17) is 0 Å². The van der Waals surface area contributed by atoms with Crippen molar-refractivity contribution in [2.75, 3.05) is 16.8 Å². The zero-order valence-corrected chi connectivity index (χ0v) is 19.5. The van der Waals surface area contributed by atoms with Crippen LogP contribution in [-0.4, -0.2) is 33.3 Å². The number of carbonyl (C=O) groups is 2. The van der Waals surface area contributed by atoms with Crippen LogP contribution in [-0.2, 0) is 16.0 Å². The molecule has 0 unspecified atom stereocenters. The highest BCUT2D eigenvalue weighted by atomic mass is 16.2. The second-order valence-corrected chi connectivity index (χ2v) is 8.91. The first kappa shape index (κ1) is 21.9. The first-order valence-electron chi connectivity index (χ1n) is 11.9. The third-order valence-corrected chi connectivity index (χ3v) is 6.61. The van der Waals surface area contributed by atoms with Crippen LogP contribution in [0.4, 0.5) is 11.4 Å². The minimum atomic E-state index is -0.145. The number of anilines is 2. The predicted molar refractivity (Wildman–Crippen MR) is 139 cm³/mol. The molecule has 0 saturated carbocycles. The summed E-state index contributed by atoms with van der Waals surface area (Å²) in [5, 5.41) is 2.92. The van der Waals surface area contributed by atoms with Gasteiger partial charge in [-0.25, -0.2) is 0 Å². The number of fused-ring (bicyclic) bond motifs is 1. The van der Waals surface area contributed by atoms with Gasteiger partial charge in [-0.15, -0.1) is 0 Å². The largest absolute Gasteiger partial charge is 0.322 e. The van der Waals surface area contributed by atoms with E-state index in [1.54, 1.807) is 30.7 Å². The number of pyridine rings is 3. The van der Waals surface area contributed by atoms with Crippen LogP contribution in [0.3, 0.4) is 0 Å². The molecule has 1 fully saturated rings. The number of rotatable bonds is 5. The van der Waals surface area contributed by atoms with Gasteiger partial charge in [0.05, 0.1) is 5.69 Å². The first-order valence-corrected chi connectivity index (χ1v) is 11.9. The molecule has 4 heterocycles. The van der Waals surface area contributed by atoms with Crippen LogP contribution in [0.25, 0.3) is 28.3 Å². The van der Waals surface area contributed by atoms with Gasteiger partial charge in [0.2, 0.25) is 5.91 Å². The molecule has 1 N–H and O–H groups in total. The fraction of sp³-hybridized carbons (Fsp3) is 0.138. The van der Waals surface area contributed by atoms with Crippen LogP contribution >= 0.6 is 0 Å². The molecular weight excluding hydrogens is 450 g/mol. The molecule has 1 aromatic carbocycles. The van der Waals surface area contributed by atoms with Gasteiger partial charge in [-0.1, -0.05) is 12.1 Å². The lowest BCUT2D eigenvalue weighted by atomic mass is 9.98. The summed E-state index contributed by atoms with van der Waals surface area (Å²) in [5.41, 5.74) is 8.07. The van der Waals surface area contributed by atoms with Crippen LogP contribution in [0.2, 0.25) is 0 Å². The molecule has 1 saturated heterocycles. The minimum Gasteiger partial charge on any atom is -0.322 e. The maximum atomic E-state index is 12.8. The molecule has 7 nitrogen and oxygen atoms in total. The summed E-state index contributed by atoms with van der Waals surface area (Å²) in [5.74, 6) is 0.0356. The number of benzene rings is 1. The van der Waals surface area contributed by atoms with E-state index in [1.165, 1.54) is 0 Å². The summed E-state index contributed by atoms with van der Waals surface area (Å²) >= 11 is 0. The van der Waals surface area contributed by atoms with Gasteiger partial charge in [0.1, 0.15) is 0 Å².